The van der Waals surface area contributed by atoms with Crippen LogP contribution in [0.3, 0.4) is 0 Å². The van der Waals surface area contributed by atoms with Crippen molar-refractivity contribution in [1.82, 2.24) is 5.32 Å². The average Bonchev–Trinajstić information content (AvgIpc) is 2.77. The zero-order chi connectivity index (χ0) is 22.4. The maximum Gasteiger partial charge on any atom is 0.336 e. The molecule has 1 aliphatic rings. The van der Waals surface area contributed by atoms with E-state index in [1.165, 1.54) is 0 Å². The van der Waals surface area contributed by atoms with E-state index >= 15 is 0 Å². The van der Waals surface area contributed by atoms with Crippen LogP contribution in [0.5, 0.6) is 0 Å². The molecule has 0 amide bonds. The molecule has 0 radical (unpaired) electrons. The Balaban J connectivity index is 2.10. The van der Waals surface area contributed by atoms with E-state index in [1.54, 1.807) is 55.9 Å². The quantitative estimate of drug-likeness (QED) is 0.460. The normalized spacial score (nSPS) is 16.8. The summed E-state index contributed by atoms with van der Waals surface area (Å²) in [5.41, 5.74) is 2.17. The summed E-state index contributed by atoms with van der Waals surface area (Å²) >= 11 is 1.68. The molecule has 1 atom stereocenters. The van der Waals surface area contributed by atoms with E-state index in [0.717, 1.165) is 11.3 Å². The molecule has 0 fully saturated rings. The number of benzene rings is 2. The van der Waals surface area contributed by atoms with Crippen molar-refractivity contribution < 1.29 is 17.9 Å². The number of hydrogen-bond acceptors (Lipinski definition) is 6. The Hall–Kier alpha value is -2.51. The molecule has 7 heteroatoms. The second kappa shape index (κ2) is 10.2. The molecule has 1 N–H and O–H groups in total. The minimum absolute atomic E-state index is 0.172. The van der Waals surface area contributed by atoms with Gasteiger partial charge in [0.1, 0.15) is 6.61 Å². The summed E-state index contributed by atoms with van der Waals surface area (Å²) in [7, 11) is -3.86. The zero-order valence-electron chi connectivity index (χ0n) is 17.9. The standard InChI is InChI=1S/C24H27NO4S2/c1-4-30-16-15-29-24(26)21-17(2)25-18(3)23(22(21)19-11-7-5-8-12-19)31(27,28)20-13-9-6-10-14-20/h5-14,22,25H,4,15-16H2,1-3H3. The summed E-state index contributed by atoms with van der Waals surface area (Å²) in [4.78, 5) is 13.5. The Bertz CT molecular complexity index is 1090. The van der Waals surface area contributed by atoms with Crippen molar-refractivity contribution >= 4 is 27.6 Å². The molecular weight excluding hydrogens is 430 g/mol. The van der Waals surface area contributed by atoms with Crippen LogP contribution in [-0.4, -0.2) is 32.5 Å². The largest absolute Gasteiger partial charge is 0.461 e. The molecule has 1 heterocycles. The van der Waals surface area contributed by atoms with Gasteiger partial charge in [-0.05, 0) is 37.3 Å². The summed E-state index contributed by atoms with van der Waals surface area (Å²) < 4.78 is 32.9. The summed E-state index contributed by atoms with van der Waals surface area (Å²) in [6.07, 6.45) is 0. The average molecular weight is 458 g/mol. The van der Waals surface area contributed by atoms with Crippen molar-refractivity contribution in [3.8, 4) is 0 Å². The van der Waals surface area contributed by atoms with Crippen LogP contribution in [0, 0.1) is 0 Å². The van der Waals surface area contributed by atoms with Crippen molar-refractivity contribution in [3.05, 3.63) is 88.1 Å². The van der Waals surface area contributed by atoms with Gasteiger partial charge in [-0.1, -0.05) is 55.5 Å². The minimum atomic E-state index is -3.86. The fourth-order valence-electron chi connectivity index (χ4n) is 3.71. The van der Waals surface area contributed by atoms with Crippen LogP contribution >= 0.6 is 11.8 Å². The summed E-state index contributed by atoms with van der Waals surface area (Å²) in [6.45, 7) is 5.83. The predicted molar refractivity (Wildman–Crippen MR) is 125 cm³/mol. The number of dihydropyridines is 1. The van der Waals surface area contributed by atoms with E-state index in [0.29, 0.717) is 22.7 Å². The molecule has 2 aromatic carbocycles. The van der Waals surface area contributed by atoms with Crippen LogP contribution < -0.4 is 5.32 Å². The van der Waals surface area contributed by atoms with E-state index in [9.17, 15) is 13.2 Å². The lowest BCUT2D eigenvalue weighted by Crippen LogP contribution is -2.32. The summed E-state index contributed by atoms with van der Waals surface area (Å²) in [6, 6.07) is 17.5. The topological polar surface area (TPSA) is 72.5 Å². The maximum absolute atomic E-state index is 13.7. The fourth-order valence-corrected chi connectivity index (χ4v) is 5.99. The fraction of sp³-hybridized carbons (Fsp3) is 0.292. The highest BCUT2D eigenvalue weighted by Crippen LogP contribution is 2.43. The first-order chi connectivity index (χ1) is 14.9. The first-order valence-electron chi connectivity index (χ1n) is 10.2. The third kappa shape index (κ3) is 5.05. The molecule has 3 rings (SSSR count). The second-order valence-electron chi connectivity index (χ2n) is 7.15. The second-order valence-corrected chi connectivity index (χ2v) is 10.5. The number of carbonyl (C=O) groups excluding carboxylic acids is 1. The van der Waals surface area contributed by atoms with Crippen LogP contribution in [0.15, 0.2) is 87.4 Å². The number of rotatable bonds is 8. The minimum Gasteiger partial charge on any atom is -0.461 e. The number of ether oxygens (including phenoxy) is 1. The molecule has 1 aliphatic heterocycles. The molecule has 1 unspecified atom stereocenters. The van der Waals surface area contributed by atoms with E-state index in [2.05, 4.69) is 5.32 Å². The third-order valence-corrected chi connectivity index (χ3v) is 7.94. The first-order valence-corrected chi connectivity index (χ1v) is 12.8. The molecule has 0 bridgehead atoms. The highest BCUT2D eigenvalue weighted by molar-refractivity contribution is 7.99. The molecule has 0 saturated carbocycles. The molecule has 0 spiro atoms. The van der Waals surface area contributed by atoms with Gasteiger partial charge in [0, 0.05) is 17.1 Å². The SMILES string of the molecule is CCSCCOC(=O)C1=C(C)NC(C)=C(S(=O)(=O)c2ccccc2)C1c1ccccc1. The summed E-state index contributed by atoms with van der Waals surface area (Å²) in [5.74, 6) is 0.388. The molecule has 31 heavy (non-hydrogen) atoms. The van der Waals surface area contributed by atoms with E-state index in [-0.39, 0.29) is 16.4 Å². The molecule has 2 aromatic rings. The smallest absolute Gasteiger partial charge is 0.336 e. The maximum atomic E-state index is 13.7. The van der Waals surface area contributed by atoms with Crippen molar-refractivity contribution in [1.29, 1.82) is 0 Å². The van der Waals surface area contributed by atoms with Crippen LogP contribution in [0.25, 0.3) is 0 Å². The van der Waals surface area contributed by atoms with Gasteiger partial charge in [0.2, 0.25) is 9.84 Å². The lowest BCUT2D eigenvalue weighted by atomic mass is 9.86. The molecular formula is C24H27NO4S2. The van der Waals surface area contributed by atoms with Gasteiger partial charge >= 0.3 is 5.97 Å². The Morgan fingerprint density at radius 1 is 1.00 bits per heavy atom. The first kappa shape index (κ1) is 23.2. The molecule has 5 nitrogen and oxygen atoms in total. The lowest BCUT2D eigenvalue weighted by Gasteiger charge is -2.31. The number of esters is 1. The van der Waals surface area contributed by atoms with E-state index in [4.69, 9.17) is 4.74 Å². The Labute approximate surface area is 188 Å². The van der Waals surface area contributed by atoms with Gasteiger partial charge in [-0.3, -0.25) is 0 Å². The van der Waals surface area contributed by atoms with Gasteiger partial charge in [-0.25, -0.2) is 13.2 Å². The van der Waals surface area contributed by atoms with E-state index < -0.39 is 21.7 Å². The monoisotopic (exact) mass is 457 g/mol. The Kier molecular flexibility index (Phi) is 7.62. The van der Waals surface area contributed by atoms with Crippen LogP contribution in [0.4, 0.5) is 0 Å². The van der Waals surface area contributed by atoms with Gasteiger partial charge in [-0.15, -0.1) is 0 Å². The van der Waals surface area contributed by atoms with Crippen molar-refractivity contribution in [2.75, 3.05) is 18.1 Å². The zero-order valence-corrected chi connectivity index (χ0v) is 19.6. The number of hydrogen-bond donors (Lipinski definition) is 1. The highest BCUT2D eigenvalue weighted by atomic mass is 32.2. The van der Waals surface area contributed by atoms with Gasteiger partial charge in [0.15, 0.2) is 0 Å². The van der Waals surface area contributed by atoms with E-state index in [1.807, 2.05) is 37.3 Å². The van der Waals surface area contributed by atoms with Crippen LogP contribution in [0.1, 0.15) is 32.3 Å². The molecule has 0 saturated heterocycles. The van der Waals surface area contributed by atoms with Gasteiger partial charge in [0.05, 0.1) is 21.3 Å². The third-order valence-electron chi connectivity index (χ3n) is 5.06. The summed E-state index contributed by atoms with van der Waals surface area (Å²) in [5, 5.41) is 3.11. The van der Waals surface area contributed by atoms with Crippen molar-refractivity contribution in [2.45, 2.75) is 31.6 Å². The van der Waals surface area contributed by atoms with Gasteiger partial charge in [0.25, 0.3) is 0 Å². The highest BCUT2D eigenvalue weighted by Gasteiger charge is 2.40. The van der Waals surface area contributed by atoms with Crippen molar-refractivity contribution in [2.24, 2.45) is 0 Å². The Morgan fingerprint density at radius 2 is 1.61 bits per heavy atom. The lowest BCUT2D eigenvalue weighted by molar-refractivity contribution is -0.138. The predicted octanol–water partition coefficient (Wildman–Crippen LogP) is 4.65. The number of sulfone groups is 1. The molecule has 0 aromatic heterocycles. The number of carbonyl (C=O) groups is 1. The van der Waals surface area contributed by atoms with Crippen LogP contribution in [0.2, 0.25) is 0 Å². The number of thioether (sulfide) groups is 1. The van der Waals surface area contributed by atoms with Crippen molar-refractivity contribution in [3.63, 3.8) is 0 Å². The van der Waals surface area contributed by atoms with Gasteiger partial charge < -0.3 is 10.1 Å². The molecule has 0 aliphatic carbocycles. The molecule has 164 valence electrons. The Morgan fingerprint density at radius 3 is 2.23 bits per heavy atom. The number of allylic oxidation sites excluding steroid dienone is 3. The van der Waals surface area contributed by atoms with Crippen LogP contribution in [-0.2, 0) is 19.4 Å². The number of nitrogens with one attached hydrogen (secondary N) is 1. The van der Waals surface area contributed by atoms with Gasteiger partial charge in [-0.2, -0.15) is 11.8 Å².